The van der Waals surface area contributed by atoms with Gasteiger partial charge in [0.2, 0.25) is 17.7 Å². The summed E-state index contributed by atoms with van der Waals surface area (Å²) in [6.07, 6.45) is 1.27. The maximum absolute atomic E-state index is 12.0. The van der Waals surface area contributed by atoms with Crippen LogP contribution in [0.4, 0.5) is 0 Å². The molecule has 2 rings (SSSR count). The van der Waals surface area contributed by atoms with Crippen LogP contribution in [-0.2, 0) is 14.4 Å². The highest BCUT2D eigenvalue weighted by atomic mass is 16.2. The van der Waals surface area contributed by atoms with E-state index in [0.29, 0.717) is 25.8 Å². The van der Waals surface area contributed by atoms with Crippen LogP contribution in [-0.4, -0.2) is 35.2 Å². The van der Waals surface area contributed by atoms with Crippen LogP contribution in [0.1, 0.15) is 40.0 Å². The third-order valence-electron chi connectivity index (χ3n) is 3.97. The maximum atomic E-state index is 12.0. The van der Waals surface area contributed by atoms with E-state index < -0.39 is 6.04 Å². The summed E-state index contributed by atoms with van der Waals surface area (Å²) in [6, 6.07) is -0.456. The van der Waals surface area contributed by atoms with Crippen molar-refractivity contribution in [2.75, 3.05) is 6.54 Å². The number of hydrogen-bond donors (Lipinski definition) is 1. The standard InChI is InChI=1S/C13H20N2O3/c1-13(2,3)8-6-11(17)15(7-8)9-4-5-10(16)14-12(9)18/h8-9H,4-7H2,1-3H3,(H,14,16,18). The molecule has 5 heteroatoms. The lowest BCUT2D eigenvalue weighted by Gasteiger charge is -2.31. The Morgan fingerprint density at radius 3 is 2.39 bits per heavy atom. The van der Waals surface area contributed by atoms with Gasteiger partial charge in [-0.05, 0) is 17.8 Å². The van der Waals surface area contributed by atoms with Gasteiger partial charge in [0.1, 0.15) is 6.04 Å². The van der Waals surface area contributed by atoms with Gasteiger partial charge in [-0.1, -0.05) is 20.8 Å². The van der Waals surface area contributed by atoms with Crippen LogP contribution in [0.25, 0.3) is 0 Å². The molecule has 0 radical (unpaired) electrons. The SMILES string of the molecule is CC(C)(C)C1CC(=O)N(C2CCC(=O)NC2=O)C1. The van der Waals surface area contributed by atoms with Crippen molar-refractivity contribution in [1.82, 2.24) is 10.2 Å². The number of imide groups is 1. The van der Waals surface area contributed by atoms with E-state index in [1.165, 1.54) is 0 Å². The number of nitrogens with zero attached hydrogens (tertiary/aromatic N) is 1. The number of piperidine rings is 1. The molecule has 2 atom stereocenters. The number of likely N-dealkylation sites (tertiary alicyclic amines) is 1. The van der Waals surface area contributed by atoms with Gasteiger partial charge in [-0.25, -0.2) is 0 Å². The second kappa shape index (κ2) is 4.37. The number of nitrogens with one attached hydrogen (secondary N) is 1. The Bertz CT molecular complexity index is 398. The maximum Gasteiger partial charge on any atom is 0.249 e. The first-order valence-corrected chi connectivity index (χ1v) is 6.42. The van der Waals surface area contributed by atoms with Crippen molar-refractivity contribution in [3.8, 4) is 0 Å². The summed E-state index contributed by atoms with van der Waals surface area (Å²) in [7, 11) is 0. The molecule has 2 fully saturated rings. The fourth-order valence-electron chi connectivity index (χ4n) is 2.59. The Labute approximate surface area is 107 Å². The van der Waals surface area contributed by atoms with Crippen molar-refractivity contribution in [3.05, 3.63) is 0 Å². The zero-order chi connectivity index (χ0) is 13.5. The van der Waals surface area contributed by atoms with Gasteiger partial charge in [0, 0.05) is 19.4 Å². The van der Waals surface area contributed by atoms with Gasteiger partial charge in [-0.15, -0.1) is 0 Å². The molecular formula is C13H20N2O3. The molecule has 100 valence electrons. The Kier molecular flexibility index (Phi) is 3.17. The average Bonchev–Trinajstić information content (AvgIpc) is 2.60. The molecule has 0 saturated carbocycles. The normalized spacial score (nSPS) is 29.7. The predicted octanol–water partition coefficient (Wildman–Crippen LogP) is 0.686. The van der Waals surface area contributed by atoms with Crippen molar-refractivity contribution in [2.45, 2.75) is 46.1 Å². The molecule has 0 aromatic heterocycles. The highest BCUT2D eigenvalue weighted by Gasteiger charge is 2.43. The molecule has 2 aliphatic heterocycles. The van der Waals surface area contributed by atoms with Gasteiger partial charge in [0.25, 0.3) is 0 Å². The minimum absolute atomic E-state index is 0.0319. The number of rotatable bonds is 1. The molecule has 2 saturated heterocycles. The van der Waals surface area contributed by atoms with Crippen LogP contribution in [0.2, 0.25) is 0 Å². The number of hydrogen-bond acceptors (Lipinski definition) is 3. The van der Waals surface area contributed by atoms with E-state index in [2.05, 4.69) is 26.1 Å². The molecular weight excluding hydrogens is 232 g/mol. The summed E-state index contributed by atoms with van der Waals surface area (Å²) >= 11 is 0. The second-order valence-electron chi connectivity index (χ2n) is 6.28. The van der Waals surface area contributed by atoms with E-state index in [4.69, 9.17) is 0 Å². The zero-order valence-electron chi connectivity index (χ0n) is 11.2. The lowest BCUT2D eigenvalue weighted by Crippen LogP contribution is -2.53. The molecule has 2 aliphatic rings. The minimum atomic E-state index is -0.456. The summed E-state index contributed by atoms with van der Waals surface area (Å²) in [6.45, 7) is 6.95. The number of carbonyl (C=O) groups is 3. The van der Waals surface area contributed by atoms with Crippen LogP contribution in [0, 0.1) is 11.3 Å². The third kappa shape index (κ3) is 2.40. The van der Waals surface area contributed by atoms with E-state index in [1.54, 1.807) is 4.90 Å². The summed E-state index contributed by atoms with van der Waals surface area (Å²) < 4.78 is 0. The molecule has 2 heterocycles. The van der Waals surface area contributed by atoms with Crippen molar-refractivity contribution < 1.29 is 14.4 Å². The van der Waals surface area contributed by atoms with Crippen molar-refractivity contribution >= 4 is 17.7 Å². The quantitative estimate of drug-likeness (QED) is 0.698. The average molecular weight is 252 g/mol. The zero-order valence-corrected chi connectivity index (χ0v) is 11.2. The van der Waals surface area contributed by atoms with Crippen molar-refractivity contribution in [2.24, 2.45) is 11.3 Å². The number of amides is 3. The second-order valence-corrected chi connectivity index (χ2v) is 6.28. The smallest absolute Gasteiger partial charge is 0.249 e. The molecule has 3 amide bonds. The summed E-state index contributed by atoms with van der Waals surface area (Å²) in [4.78, 5) is 36.5. The van der Waals surface area contributed by atoms with E-state index >= 15 is 0 Å². The van der Waals surface area contributed by atoms with Crippen LogP contribution >= 0.6 is 0 Å². The Balaban J connectivity index is 2.08. The molecule has 18 heavy (non-hydrogen) atoms. The predicted molar refractivity (Wildman–Crippen MR) is 65.4 cm³/mol. The molecule has 0 aliphatic carbocycles. The molecule has 0 bridgehead atoms. The molecule has 0 aromatic rings. The van der Waals surface area contributed by atoms with Gasteiger partial charge in [0.05, 0.1) is 0 Å². The van der Waals surface area contributed by atoms with Crippen molar-refractivity contribution in [3.63, 3.8) is 0 Å². The third-order valence-corrected chi connectivity index (χ3v) is 3.97. The molecule has 1 N–H and O–H groups in total. The summed E-state index contributed by atoms with van der Waals surface area (Å²) in [5.74, 6) is -0.260. The Hall–Kier alpha value is -1.39. The number of carbonyl (C=O) groups excluding carboxylic acids is 3. The molecule has 0 spiro atoms. The molecule has 5 nitrogen and oxygen atoms in total. The fourth-order valence-corrected chi connectivity index (χ4v) is 2.59. The Morgan fingerprint density at radius 2 is 1.89 bits per heavy atom. The summed E-state index contributed by atoms with van der Waals surface area (Å²) in [5, 5.41) is 2.31. The van der Waals surface area contributed by atoms with E-state index in [9.17, 15) is 14.4 Å². The van der Waals surface area contributed by atoms with Crippen LogP contribution in [0.5, 0.6) is 0 Å². The molecule has 0 aromatic carbocycles. The van der Waals surface area contributed by atoms with Crippen LogP contribution in [0.15, 0.2) is 0 Å². The van der Waals surface area contributed by atoms with Gasteiger partial charge in [-0.3, -0.25) is 19.7 Å². The van der Waals surface area contributed by atoms with E-state index in [-0.39, 0.29) is 29.1 Å². The lowest BCUT2D eigenvalue weighted by molar-refractivity contribution is -0.143. The fraction of sp³-hybridized carbons (Fsp3) is 0.769. The Morgan fingerprint density at radius 1 is 1.22 bits per heavy atom. The van der Waals surface area contributed by atoms with Gasteiger partial charge < -0.3 is 4.90 Å². The summed E-state index contributed by atoms with van der Waals surface area (Å²) in [5.41, 5.74) is 0.0609. The van der Waals surface area contributed by atoms with E-state index in [0.717, 1.165) is 0 Å². The van der Waals surface area contributed by atoms with E-state index in [1.807, 2.05) is 0 Å². The highest BCUT2D eigenvalue weighted by molar-refractivity contribution is 6.01. The largest absolute Gasteiger partial charge is 0.330 e. The monoisotopic (exact) mass is 252 g/mol. The van der Waals surface area contributed by atoms with Crippen LogP contribution in [0.3, 0.4) is 0 Å². The van der Waals surface area contributed by atoms with Gasteiger partial charge in [-0.2, -0.15) is 0 Å². The lowest BCUT2D eigenvalue weighted by atomic mass is 9.80. The highest BCUT2D eigenvalue weighted by Crippen LogP contribution is 2.35. The molecule has 2 unspecified atom stereocenters. The topological polar surface area (TPSA) is 66.5 Å². The van der Waals surface area contributed by atoms with Crippen LogP contribution < -0.4 is 5.32 Å². The van der Waals surface area contributed by atoms with Gasteiger partial charge >= 0.3 is 0 Å². The first-order valence-electron chi connectivity index (χ1n) is 6.42. The van der Waals surface area contributed by atoms with Gasteiger partial charge in [0.15, 0.2) is 0 Å². The minimum Gasteiger partial charge on any atom is -0.330 e. The first-order chi connectivity index (χ1) is 8.29. The first kappa shape index (κ1) is 13.1. The van der Waals surface area contributed by atoms with Crippen molar-refractivity contribution in [1.29, 1.82) is 0 Å².